The first kappa shape index (κ1) is 18.0. The van der Waals surface area contributed by atoms with Gasteiger partial charge >= 0.3 is 0 Å². The summed E-state index contributed by atoms with van der Waals surface area (Å²) < 4.78 is 0. The van der Waals surface area contributed by atoms with E-state index >= 15 is 0 Å². The fourth-order valence-electron chi connectivity index (χ4n) is 3.21. The molecule has 1 saturated heterocycles. The number of piperidine rings is 1. The van der Waals surface area contributed by atoms with Crippen LogP contribution in [0, 0.1) is 12.8 Å². The molecule has 1 aromatic carbocycles. The van der Waals surface area contributed by atoms with Crippen molar-refractivity contribution >= 4 is 23.2 Å². The zero-order chi connectivity index (χ0) is 18.7. The van der Waals surface area contributed by atoms with Gasteiger partial charge in [0.25, 0.3) is 5.91 Å². The lowest BCUT2D eigenvalue weighted by molar-refractivity contribution is 0.0676. The molecule has 0 aliphatic carbocycles. The van der Waals surface area contributed by atoms with E-state index in [1.54, 1.807) is 25.1 Å². The zero-order valence-corrected chi connectivity index (χ0v) is 15.5. The van der Waals surface area contributed by atoms with Crippen molar-refractivity contribution in [2.75, 3.05) is 18.4 Å². The zero-order valence-electron chi connectivity index (χ0n) is 15.5. The van der Waals surface area contributed by atoms with Crippen LogP contribution in [0.4, 0.5) is 11.5 Å². The third-order valence-electron chi connectivity index (χ3n) is 4.57. The van der Waals surface area contributed by atoms with Crippen molar-refractivity contribution in [2.24, 2.45) is 5.92 Å². The van der Waals surface area contributed by atoms with E-state index in [1.165, 1.54) is 6.92 Å². The maximum atomic E-state index is 12.8. The molecular formula is C20H24N4O2. The number of amides is 1. The van der Waals surface area contributed by atoms with E-state index in [9.17, 15) is 9.59 Å². The minimum atomic E-state index is -0.0444. The third kappa shape index (κ3) is 4.25. The highest BCUT2D eigenvalue weighted by Crippen LogP contribution is 2.20. The molecule has 0 saturated carbocycles. The van der Waals surface area contributed by atoms with Crippen molar-refractivity contribution in [3.63, 3.8) is 0 Å². The number of rotatable bonds is 4. The van der Waals surface area contributed by atoms with Crippen LogP contribution in [0.1, 0.15) is 53.4 Å². The van der Waals surface area contributed by atoms with E-state index < -0.39 is 0 Å². The topological polar surface area (TPSA) is 75.2 Å². The molecule has 1 unspecified atom stereocenters. The maximum Gasteiger partial charge on any atom is 0.272 e. The molecule has 1 aliphatic rings. The number of aromatic nitrogens is 2. The summed E-state index contributed by atoms with van der Waals surface area (Å²) in [5, 5.41) is 3.18. The number of hydrogen-bond donors (Lipinski definition) is 1. The number of likely N-dealkylation sites (tertiary alicyclic amines) is 1. The Balaban J connectivity index is 1.78. The SMILES string of the molecule is CC(=O)c1ccc(Nc2cc(C(=O)N3CCCC(C)C3)nc(C)n2)cc1. The van der Waals surface area contributed by atoms with Crippen LogP contribution in [-0.4, -0.2) is 39.6 Å². The Morgan fingerprint density at radius 3 is 2.58 bits per heavy atom. The van der Waals surface area contributed by atoms with Crippen molar-refractivity contribution in [1.29, 1.82) is 0 Å². The van der Waals surface area contributed by atoms with Gasteiger partial charge in [0.2, 0.25) is 0 Å². The van der Waals surface area contributed by atoms with Gasteiger partial charge in [0.05, 0.1) is 0 Å². The number of hydrogen-bond acceptors (Lipinski definition) is 5. The molecule has 1 aliphatic heterocycles. The van der Waals surface area contributed by atoms with Gasteiger partial charge in [-0.15, -0.1) is 0 Å². The van der Waals surface area contributed by atoms with Crippen LogP contribution in [0.3, 0.4) is 0 Å². The highest BCUT2D eigenvalue weighted by molar-refractivity contribution is 5.94. The number of carbonyl (C=O) groups is 2. The number of nitrogens with one attached hydrogen (secondary N) is 1. The average Bonchev–Trinajstić information content (AvgIpc) is 2.61. The fraction of sp³-hybridized carbons (Fsp3) is 0.400. The molecule has 6 heteroatoms. The number of benzene rings is 1. The number of nitrogens with zero attached hydrogens (tertiary/aromatic N) is 3. The van der Waals surface area contributed by atoms with Gasteiger partial charge in [-0.1, -0.05) is 6.92 Å². The lowest BCUT2D eigenvalue weighted by atomic mass is 10.00. The van der Waals surface area contributed by atoms with Crippen molar-refractivity contribution in [2.45, 2.75) is 33.6 Å². The molecule has 2 aromatic rings. The van der Waals surface area contributed by atoms with Gasteiger partial charge in [0.15, 0.2) is 5.78 Å². The van der Waals surface area contributed by atoms with Gasteiger partial charge in [-0.05, 0) is 56.9 Å². The minimum absolute atomic E-state index is 0.0260. The van der Waals surface area contributed by atoms with E-state index in [1.807, 2.05) is 17.0 Å². The molecule has 0 radical (unpaired) electrons. The van der Waals surface area contributed by atoms with Gasteiger partial charge in [-0.2, -0.15) is 0 Å². The summed E-state index contributed by atoms with van der Waals surface area (Å²) in [5.41, 5.74) is 1.87. The Labute approximate surface area is 153 Å². The highest BCUT2D eigenvalue weighted by Gasteiger charge is 2.23. The normalized spacial score (nSPS) is 17.0. The number of ketones is 1. The van der Waals surface area contributed by atoms with Crippen LogP contribution >= 0.6 is 0 Å². The molecule has 1 amide bonds. The molecule has 6 nitrogen and oxygen atoms in total. The van der Waals surface area contributed by atoms with Crippen LogP contribution in [0.2, 0.25) is 0 Å². The first-order chi connectivity index (χ1) is 12.4. The van der Waals surface area contributed by atoms with Crippen molar-refractivity contribution < 1.29 is 9.59 Å². The van der Waals surface area contributed by atoms with E-state index in [2.05, 4.69) is 22.2 Å². The molecular weight excluding hydrogens is 328 g/mol. The third-order valence-corrected chi connectivity index (χ3v) is 4.57. The summed E-state index contributed by atoms with van der Waals surface area (Å²) in [7, 11) is 0. The monoisotopic (exact) mass is 352 g/mol. The summed E-state index contributed by atoms with van der Waals surface area (Å²) in [6.45, 7) is 7.04. The molecule has 1 fully saturated rings. The van der Waals surface area contributed by atoms with Crippen LogP contribution in [0.5, 0.6) is 0 Å². The van der Waals surface area contributed by atoms with Crippen molar-refractivity contribution in [3.05, 3.63) is 47.4 Å². The van der Waals surface area contributed by atoms with Crippen LogP contribution in [0.25, 0.3) is 0 Å². The molecule has 3 rings (SSSR count). The summed E-state index contributed by atoms with van der Waals surface area (Å²) in [6.07, 6.45) is 2.19. The second-order valence-electron chi connectivity index (χ2n) is 6.94. The number of anilines is 2. The second kappa shape index (κ2) is 7.64. The number of aryl methyl sites for hydroxylation is 1. The number of Topliss-reactive ketones (excluding diaryl/α,β-unsaturated/α-hetero) is 1. The summed E-state index contributed by atoms with van der Waals surface area (Å²) in [4.78, 5) is 34.7. The van der Waals surface area contributed by atoms with Crippen LogP contribution < -0.4 is 5.32 Å². The van der Waals surface area contributed by atoms with E-state index in [4.69, 9.17) is 0 Å². The Morgan fingerprint density at radius 2 is 1.92 bits per heavy atom. The predicted molar refractivity (Wildman–Crippen MR) is 101 cm³/mol. The summed E-state index contributed by atoms with van der Waals surface area (Å²) in [6, 6.07) is 8.86. The Kier molecular flexibility index (Phi) is 5.30. The molecule has 136 valence electrons. The largest absolute Gasteiger partial charge is 0.340 e. The van der Waals surface area contributed by atoms with Crippen molar-refractivity contribution in [3.8, 4) is 0 Å². The maximum absolute atomic E-state index is 12.8. The van der Waals surface area contributed by atoms with Crippen molar-refractivity contribution in [1.82, 2.24) is 14.9 Å². The van der Waals surface area contributed by atoms with Crippen LogP contribution in [0.15, 0.2) is 30.3 Å². The smallest absolute Gasteiger partial charge is 0.272 e. The molecule has 1 N–H and O–H groups in total. The van der Waals surface area contributed by atoms with E-state index in [-0.39, 0.29) is 11.7 Å². The molecule has 1 atom stereocenters. The van der Waals surface area contributed by atoms with Crippen LogP contribution in [-0.2, 0) is 0 Å². The van der Waals surface area contributed by atoms with Gasteiger partial charge in [0, 0.05) is 30.4 Å². The van der Waals surface area contributed by atoms with E-state index in [0.717, 1.165) is 31.6 Å². The van der Waals surface area contributed by atoms with Gasteiger partial charge in [-0.3, -0.25) is 9.59 Å². The Morgan fingerprint density at radius 1 is 1.19 bits per heavy atom. The average molecular weight is 352 g/mol. The number of carbonyl (C=O) groups excluding carboxylic acids is 2. The molecule has 0 bridgehead atoms. The fourth-order valence-corrected chi connectivity index (χ4v) is 3.21. The first-order valence-corrected chi connectivity index (χ1v) is 8.95. The van der Waals surface area contributed by atoms with Gasteiger partial charge < -0.3 is 10.2 Å². The highest BCUT2D eigenvalue weighted by atomic mass is 16.2. The summed E-state index contributed by atoms with van der Waals surface area (Å²) in [5.74, 6) is 1.62. The first-order valence-electron chi connectivity index (χ1n) is 8.95. The molecule has 26 heavy (non-hydrogen) atoms. The van der Waals surface area contributed by atoms with E-state index in [0.29, 0.717) is 28.8 Å². The lowest BCUT2D eigenvalue weighted by Crippen LogP contribution is -2.39. The molecule has 1 aromatic heterocycles. The predicted octanol–water partition coefficient (Wildman–Crippen LogP) is 3.60. The molecule has 0 spiro atoms. The quantitative estimate of drug-likeness (QED) is 0.851. The summed E-state index contributed by atoms with van der Waals surface area (Å²) >= 11 is 0. The Hall–Kier alpha value is -2.76. The van der Waals surface area contributed by atoms with Gasteiger partial charge in [-0.25, -0.2) is 9.97 Å². The standard InChI is InChI=1S/C20H24N4O2/c1-13-5-4-10-24(12-13)20(26)18-11-19(22-15(3)21-18)23-17-8-6-16(7-9-17)14(2)25/h6-9,11,13H,4-5,10,12H2,1-3H3,(H,21,22,23). The minimum Gasteiger partial charge on any atom is -0.340 e. The second-order valence-corrected chi connectivity index (χ2v) is 6.94. The lowest BCUT2D eigenvalue weighted by Gasteiger charge is -2.30. The van der Waals surface area contributed by atoms with Gasteiger partial charge in [0.1, 0.15) is 17.3 Å². The molecule has 2 heterocycles. The Bertz CT molecular complexity index is 817.